The third-order valence-corrected chi connectivity index (χ3v) is 5.51. The molecule has 5 rings (SSSR count). The summed E-state index contributed by atoms with van der Waals surface area (Å²) in [5.41, 5.74) is 5.13. The SMILES string of the molecule is CNC(=O)O/N=C1\CCn2c3ccc(C(=O)c4ccccc4)cc3c3cccc1c32. The maximum Gasteiger partial charge on any atom is 0.433 e. The molecule has 0 atom stereocenters. The molecule has 148 valence electrons. The van der Waals surface area contributed by atoms with E-state index in [1.54, 1.807) is 0 Å². The molecule has 6 nitrogen and oxygen atoms in total. The van der Waals surface area contributed by atoms with Crippen molar-refractivity contribution in [2.45, 2.75) is 13.0 Å². The van der Waals surface area contributed by atoms with Crippen LogP contribution in [0.5, 0.6) is 0 Å². The summed E-state index contributed by atoms with van der Waals surface area (Å²) in [7, 11) is 1.50. The zero-order chi connectivity index (χ0) is 20.7. The first kappa shape index (κ1) is 18.1. The normalized spacial score (nSPS) is 14.2. The largest absolute Gasteiger partial charge is 0.433 e. The second-order valence-corrected chi connectivity index (χ2v) is 7.20. The molecule has 1 aliphatic rings. The summed E-state index contributed by atoms with van der Waals surface area (Å²) in [4.78, 5) is 29.3. The zero-order valence-corrected chi connectivity index (χ0v) is 16.4. The van der Waals surface area contributed by atoms with Gasteiger partial charge in [0, 0.05) is 53.0 Å². The van der Waals surface area contributed by atoms with Crippen LogP contribution in [0.2, 0.25) is 0 Å². The molecule has 3 aromatic carbocycles. The first-order valence-electron chi connectivity index (χ1n) is 9.78. The van der Waals surface area contributed by atoms with Crippen molar-refractivity contribution >= 4 is 39.4 Å². The Morgan fingerprint density at radius 1 is 0.967 bits per heavy atom. The molecule has 30 heavy (non-hydrogen) atoms. The number of carbonyl (C=O) groups is 2. The number of ketones is 1. The molecule has 2 heterocycles. The van der Waals surface area contributed by atoms with Gasteiger partial charge < -0.3 is 9.88 Å². The molecule has 4 aromatic rings. The van der Waals surface area contributed by atoms with Crippen molar-refractivity contribution in [3.05, 3.63) is 83.4 Å². The van der Waals surface area contributed by atoms with E-state index >= 15 is 0 Å². The van der Waals surface area contributed by atoms with Crippen molar-refractivity contribution in [1.29, 1.82) is 0 Å². The Labute approximate surface area is 172 Å². The number of nitrogens with one attached hydrogen (secondary N) is 1. The number of aryl methyl sites for hydroxylation is 1. The summed E-state index contributed by atoms with van der Waals surface area (Å²) in [5.74, 6) is 0.00524. The molecule has 1 amide bonds. The third-order valence-electron chi connectivity index (χ3n) is 5.51. The van der Waals surface area contributed by atoms with Crippen LogP contribution >= 0.6 is 0 Å². The summed E-state index contributed by atoms with van der Waals surface area (Å²) < 4.78 is 2.25. The van der Waals surface area contributed by atoms with E-state index in [1.165, 1.54) is 7.05 Å². The smallest absolute Gasteiger partial charge is 0.340 e. The molecule has 6 heteroatoms. The standard InChI is InChI=1S/C24H19N3O3/c1-25-24(29)30-26-20-12-13-27-21-11-10-16(23(28)15-6-3-2-4-7-15)14-19(21)17-8-5-9-18(20)22(17)27/h2-11,14H,12-13H2,1H3,(H,25,29)/b26-20+. The Morgan fingerprint density at radius 3 is 2.60 bits per heavy atom. The molecular weight excluding hydrogens is 378 g/mol. The van der Waals surface area contributed by atoms with E-state index < -0.39 is 6.09 Å². The van der Waals surface area contributed by atoms with Crippen molar-refractivity contribution in [2.24, 2.45) is 5.16 Å². The number of nitrogens with zero attached hydrogens (tertiary/aromatic N) is 2. The highest BCUT2D eigenvalue weighted by Crippen LogP contribution is 2.35. The number of hydrogen-bond donors (Lipinski definition) is 1. The Kier molecular flexibility index (Phi) is 4.32. The van der Waals surface area contributed by atoms with Crippen molar-refractivity contribution in [3.63, 3.8) is 0 Å². The molecule has 0 saturated carbocycles. The van der Waals surface area contributed by atoms with Crippen LogP contribution in [-0.4, -0.2) is 29.2 Å². The number of aromatic nitrogens is 1. The van der Waals surface area contributed by atoms with E-state index in [0.29, 0.717) is 17.5 Å². The maximum atomic E-state index is 12.9. The molecule has 0 unspecified atom stereocenters. The van der Waals surface area contributed by atoms with E-state index in [4.69, 9.17) is 4.84 Å². The van der Waals surface area contributed by atoms with Gasteiger partial charge in [0.2, 0.25) is 0 Å². The third kappa shape index (κ3) is 2.85. The monoisotopic (exact) mass is 397 g/mol. The summed E-state index contributed by atoms with van der Waals surface area (Å²) in [6.07, 6.45) is 0.0577. The minimum Gasteiger partial charge on any atom is -0.340 e. The Bertz CT molecular complexity index is 1340. The van der Waals surface area contributed by atoms with Crippen LogP contribution in [0, 0.1) is 0 Å². The molecule has 0 fully saturated rings. The van der Waals surface area contributed by atoms with E-state index in [1.807, 2.05) is 60.7 Å². The van der Waals surface area contributed by atoms with Gasteiger partial charge in [0.1, 0.15) is 0 Å². The fourth-order valence-electron chi connectivity index (χ4n) is 4.11. The molecular formula is C24H19N3O3. The van der Waals surface area contributed by atoms with E-state index in [9.17, 15) is 9.59 Å². The first-order valence-corrected chi connectivity index (χ1v) is 9.78. The van der Waals surface area contributed by atoms with Crippen LogP contribution < -0.4 is 5.32 Å². The summed E-state index contributed by atoms with van der Waals surface area (Å²) in [5, 5.41) is 8.55. The van der Waals surface area contributed by atoms with Gasteiger partial charge in [-0.3, -0.25) is 9.63 Å². The molecule has 0 bridgehead atoms. The zero-order valence-electron chi connectivity index (χ0n) is 16.4. The highest BCUT2D eigenvalue weighted by molar-refractivity contribution is 6.20. The van der Waals surface area contributed by atoms with Crippen LogP contribution in [0.25, 0.3) is 21.8 Å². The van der Waals surface area contributed by atoms with Crippen LogP contribution in [0.3, 0.4) is 0 Å². The van der Waals surface area contributed by atoms with Gasteiger partial charge in [-0.25, -0.2) is 4.79 Å². The highest BCUT2D eigenvalue weighted by atomic mass is 16.7. The lowest BCUT2D eigenvalue weighted by Gasteiger charge is -2.17. The number of oxime groups is 1. The van der Waals surface area contributed by atoms with E-state index in [0.717, 1.165) is 39.6 Å². The topological polar surface area (TPSA) is 72.7 Å². The average Bonchev–Trinajstić information content (AvgIpc) is 3.13. The lowest BCUT2D eigenvalue weighted by Crippen LogP contribution is -2.20. The molecule has 1 N–H and O–H groups in total. The van der Waals surface area contributed by atoms with Gasteiger partial charge in [-0.2, -0.15) is 0 Å². The molecule has 0 radical (unpaired) electrons. The van der Waals surface area contributed by atoms with Crippen molar-refractivity contribution in [3.8, 4) is 0 Å². The van der Waals surface area contributed by atoms with Crippen LogP contribution in [0.15, 0.2) is 71.9 Å². The first-order chi connectivity index (χ1) is 14.7. The van der Waals surface area contributed by atoms with Crippen LogP contribution in [-0.2, 0) is 11.4 Å². The number of carbonyl (C=O) groups excluding carboxylic acids is 2. The number of hydrogen-bond acceptors (Lipinski definition) is 4. The van der Waals surface area contributed by atoms with Crippen molar-refractivity contribution in [2.75, 3.05) is 7.05 Å². The molecule has 0 saturated heterocycles. The molecule has 1 aromatic heterocycles. The average molecular weight is 397 g/mol. The Morgan fingerprint density at radius 2 is 1.80 bits per heavy atom. The van der Waals surface area contributed by atoms with Gasteiger partial charge >= 0.3 is 6.09 Å². The van der Waals surface area contributed by atoms with Gasteiger partial charge in [-0.05, 0) is 18.2 Å². The Balaban J connectivity index is 1.66. The summed E-state index contributed by atoms with van der Waals surface area (Å²) in [6.45, 7) is 0.721. The van der Waals surface area contributed by atoms with E-state index in [-0.39, 0.29) is 5.78 Å². The summed E-state index contributed by atoms with van der Waals surface area (Å²) >= 11 is 0. The van der Waals surface area contributed by atoms with Gasteiger partial charge in [0.15, 0.2) is 5.78 Å². The van der Waals surface area contributed by atoms with Crippen LogP contribution in [0.1, 0.15) is 27.9 Å². The van der Waals surface area contributed by atoms with Crippen molar-refractivity contribution < 1.29 is 14.4 Å². The lowest BCUT2D eigenvalue weighted by molar-refractivity contribution is 0.103. The number of fused-ring (bicyclic) bond motifs is 3. The Hall–Kier alpha value is -3.93. The second-order valence-electron chi connectivity index (χ2n) is 7.20. The quantitative estimate of drug-likeness (QED) is 0.314. The molecule has 0 spiro atoms. The molecule has 0 aliphatic carbocycles. The van der Waals surface area contributed by atoms with E-state index in [2.05, 4.69) is 21.1 Å². The maximum absolute atomic E-state index is 12.9. The van der Waals surface area contributed by atoms with Crippen LogP contribution in [0.4, 0.5) is 4.79 Å². The number of rotatable bonds is 3. The fourth-order valence-corrected chi connectivity index (χ4v) is 4.11. The minimum absolute atomic E-state index is 0.00524. The van der Waals surface area contributed by atoms with Crippen molar-refractivity contribution in [1.82, 2.24) is 9.88 Å². The summed E-state index contributed by atoms with van der Waals surface area (Å²) in [6, 6.07) is 21.2. The number of amides is 1. The van der Waals surface area contributed by atoms with Gasteiger partial charge in [0.25, 0.3) is 0 Å². The van der Waals surface area contributed by atoms with Gasteiger partial charge in [-0.1, -0.05) is 53.7 Å². The molecule has 1 aliphatic heterocycles. The van der Waals surface area contributed by atoms with Gasteiger partial charge in [-0.15, -0.1) is 0 Å². The highest BCUT2D eigenvalue weighted by Gasteiger charge is 2.23. The predicted octanol–water partition coefficient (Wildman–Crippen LogP) is 4.49. The predicted molar refractivity (Wildman–Crippen MR) is 116 cm³/mol. The number of benzene rings is 3. The van der Waals surface area contributed by atoms with Gasteiger partial charge in [0.05, 0.1) is 11.2 Å². The lowest BCUT2D eigenvalue weighted by atomic mass is 9.99. The second kappa shape index (κ2) is 7.15. The fraction of sp³-hybridized carbons (Fsp3) is 0.125. The minimum atomic E-state index is -0.593. The number of para-hydroxylation sites is 1.